The Labute approximate surface area is 133 Å². The molecule has 0 radical (unpaired) electrons. The van der Waals surface area contributed by atoms with Crippen molar-refractivity contribution in [3.63, 3.8) is 0 Å². The predicted octanol–water partition coefficient (Wildman–Crippen LogP) is 2.20. The van der Waals surface area contributed by atoms with Crippen molar-refractivity contribution in [1.29, 1.82) is 0 Å². The van der Waals surface area contributed by atoms with Crippen LogP contribution in [-0.4, -0.2) is 52.9 Å². The first kappa shape index (κ1) is 15.1. The Morgan fingerprint density at radius 1 is 1.33 bits per heavy atom. The molecule has 0 aromatic carbocycles. The van der Waals surface area contributed by atoms with Crippen molar-refractivity contribution >= 4 is 21.8 Å². The molecule has 1 aliphatic heterocycles. The number of amides is 1. The molecule has 1 aliphatic carbocycles. The number of carbonyl (C=O) groups is 1. The van der Waals surface area contributed by atoms with Gasteiger partial charge in [-0.3, -0.25) is 4.79 Å². The van der Waals surface area contributed by atoms with E-state index in [1.54, 1.807) is 0 Å². The largest absolute Gasteiger partial charge is 0.394 e. The normalized spacial score (nSPS) is 20.0. The molecule has 21 heavy (non-hydrogen) atoms. The Morgan fingerprint density at radius 3 is 2.67 bits per heavy atom. The number of piperidine rings is 1. The molecular weight excluding hydrogens is 336 g/mol. The summed E-state index contributed by atoms with van der Waals surface area (Å²) in [6, 6.07) is 2.43. The number of likely N-dealkylation sites (tertiary alicyclic amines) is 1. The maximum absolute atomic E-state index is 12.7. The standard InChI is InChI=1S/C15H21BrN2O3/c16-11-9-14(18(10-11)12-1-2-12)15(20)17-5-3-13(4-6-17)21-8-7-19/h9-10,12-13,19H,1-8H2. The lowest BCUT2D eigenvalue weighted by atomic mass is 10.1. The molecule has 3 rings (SSSR count). The molecule has 5 nitrogen and oxygen atoms in total. The minimum absolute atomic E-state index is 0.0576. The smallest absolute Gasteiger partial charge is 0.270 e. The second-order valence-corrected chi connectivity index (χ2v) is 6.68. The molecule has 0 bridgehead atoms. The second kappa shape index (κ2) is 6.50. The molecule has 1 amide bonds. The number of rotatable bonds is 5. The van der Waals surface area contributed by atoms with Crippen molar-refractivity contribution in [3.8, 4) is 0 Å². The first-order chi connectivity index (χ1) is 10.2. The number of aliphatic hydroxyl groups is 1. The highest BCUT2D eigenvalue weighted by Crippen LogP contribution is 2.37. The van der Waals surface area contributed by atoms with Crippen molar-refractivity contribution < 1.29 is 14.6 Å². The molecule has 0 atom stereocenters. The molecule has 1 aromatic heterocycles. The van der Waals surface area contributed by atoms with Crippen LogP contribution in [0.1, 0.15) is 42.2 Å². The van der Waals surface area contributed by atoms with Crippen LogP contribution in [0.4, 0.5) is 0 Å². The number of aromatic nitrogens is 1. The summed E-state index contributed by atoms with van der Waals surface area (Å²) in [4.78, 5) is 14.6. The summed E-state index contributed by atoms with van der Waals surface area (Å²) in [5.74, 6) is 0.119. The molecular formula is C15H21BrN2O3. The molecule has 6 heteroatoms. The highest BCUT2D eigenvalue weighted by Gasteiger charge is 2.31. The van der Waals surface area contributed by atoms with Gasteiger partial charge < -0.3 is 19.3 Å². The van der Waals surface area contributed by atoms with Gasteiger partial charge in [-0.1, -0.05) is 0 Å². The van der Waals surface area contributed by atoms with Gasteiger partial charge in [-0.15, -0.1) is 0 Å². The van der Waals surface area contributed by atoms with E-state index in [2.05, 4.69) is 20.5 Å². The van der Waals surface area contributed by atoms with E-state index >= 15 is 0 Å². The Balaban J connectivity index is 1.61. The Kier molecular flexibility index (Phi) is 4.66. The zero-order valence-corrected chi connectivity index (χ0v) is 13.6. The molecule has 1 saturated carbocycles. The molecule has 0 unspecified atom stereocenters. The van der Waals surface area contributed by atoms with Crippen molar-refractivity contribution in [3.05, 3.63) is 22.4 Å². The van der Waals surface area contributed by atoms with E-state index in [9.17, 15) is 4.79 Å². The van der Waals surface area contributed by atoms with E-state index in [-0.39, 0.29) is 18.6 Å². The van der Waals surface area contributed by atoms with Crippen LogP contribution >= 0.6 is 15.9 Å². The third kappa shape index (κ3) is 3.49. The number of nitrogens with zero attached hydrogens (tertiary/aromatic N) is 2. The highest BCUT2D eigenvalue weighted by atomic mass is 79.9. The molecule has 1 saturated heterocycles. The Bertz CT molecular complexity index is 505. The summed E-state index contributed by atoms with van der Waals surface area (Å²) < 4.78 is 8.62. The first-order valence-corrected chi connectivity index (χ1v) is 8.37. The second-order valence-electron chi connectivity index (χ2n) is 5.77. The van der Waals surface area contributed by atoms with E-state index in [0.29, 0.717) is 12.6 Å². The van der Waals surface area contributed by atoms with Gasteiger partial charge in [0, 0.05) is 29.8 Å². The molecule has 2 aliphatic rings. The van der Waals surface area contributed by atoms with Gasteiger partial charge in [-0.05, 0) is 47.7 Å². The zero-order chi connectivity index (χ0) is 14.8. The van der Waals surface area contributed by atoms with Gasteiger partial charge in [0.25, 0.3) is 5.91 Å². The van der Waals surface area contributed by atoms with Crippen molar-refractivity contribution in [2.75, 3.05) is 26.3 Å². The average molecular weight is 357 g/mol. The van der Waals surface area contributed by atoms with E-state index < -0.39 is 0 Å². The van der Waals surface area contributed by atoms with Gasteiger partial charge in [0.05, 0.1) is 19.3 Å². The fourth-order valence-corrected chi connectivity index (χ4v) is 3.32. The van der Waals surface area contributed by atoms with Crippen LogP contribution in [-0.2, 0) is 4.74 Å². The van der Waals surface area contributed by atoms with Crippen LogP contribution < -0.4 is 0 Å². The van der Waals surface area contributed by atoms with Crippen molar-refractivity contribution in [2.24, 2.45) is 0 Å². The molecule has 0 spiro atoms. The fraction of sp³-hybridized carbons (Fsp3) is 0.667. The van der Waals surface area contributed by atoms with E-state index in [1.165, 1.54) is 12.8 Å². The maximum atomic E-state index is 12.7. The summed E-state index contributed by atoms with van der Waals surface area (Å²) in [5, 5.41) is 8.78. The number of aliphatic hydroxyl groups excluding tert-OH is 1. The van der Waals surface area contributed by atoms with Crippen LogP contribution in [0.3, 0.4) is 0 Å². The number of carbonyl (C=O) groups excluding carboxylic acids is 1. The van der Waals surface area contributed by atoms with Gasteiger partial charge in [-0.25, -0.2) is 0 Å². The van der Waals surface area contributed by atoms with Gasteiger partial charge >= 0.3 is 0 Å². The highest BCUT2D eigenvalue weighted by molar-refractivity contribution is 9.10. The van der Waals surface area contributed by atoms with Crippen molar-refractivity contribution in [1.82, 2.24) is 9.47 Å². The van der Waals surface area contributed by atoms with Gasteiger partial charge in [-0.2, -0.15) is 0 Å². The van der Waals surface area contributed by atoms with Crippen LogP contribution in [0.15, 0.2) is 16.7 Å². The van der Waals surface area contributed by atoms with Crippen LogP contribution in [0.5, 0.6) is 0 Å². The fourth-order valence-electron chi connectivity index (χ4n) is 2.88. The van der Waals surface area contributed by atoms with E-state index in [0.717, 1.165) is 36.1 Å². The van der Waals surface area contributed by atoms with Crippen molar-refractivity contribution in [2.45, 2.75) is 37.8 Å². The van der Waals surface area contributed by atoms with E-state index in [4.69, 9.17) is 9.84 Å². The summed E-state index contributed by atoms with van der Waals surface area (Å²) in [6.45, 7) is 1.89. The monoisotopic (exact) mass is 356 g/mol. The van der Waals surface area contributed by atoms with Gasteiger partial charge in [0.15, 0.2) is 0 Å². The topological polar surface area (TPSA) is 54.7 Å². The molecule has 2 heterocycles. The Morgan fingerprint density at radius 2 is 2.05 bits per heavy atom. The number of hydrogen-bond donors (Lipinski definition) is 1. The lowest BCUT2D eigenvalue weighted by Gasteiger charge is -2.32. The van der Waals surface area contributed by atoms with E-state index in [1.807, 2.05) is 17.2 Å². The Hall–Kier alpha value is -0.850. The van der Waals surface area contributed by atoms with Gasteiger partial charge in [0.2, 0.25) is 0 Å². The van der Waals surface area contributed by atoms with Crippen LogP contribution in [0.2, 0.25) is 0 Å². The van der Waals surface area contributed by atoms with Gasteiger partial charge in [0.1, 0.15) is 5.69 Å². The first-order valence-electron chi connectivity index (χ1n) is 7.58. The molecule has 2 fully saturated rings. The lowest BCUT2D eigenvalue weighted by Crippen LogP contribution is -2.41. The third-order valence-electron chi connectivity index (χ3n) is 4.15. The summed E-state index contributed by atoms with van der Waals surface area (Å²) in [5.41, 5.74) is 0.791. The maximum Gasteiger partial charge on any atom is 0.270 e. The third-order valence-corrected chi connectivity index (χ3v) is 4.58. The average Bonchev–Trinajstić information content (AvgIpc) is 3.27. The summed E-state index contributed by atoms with van der Waals surface area (Å²) in [6.07, 6.45) is 6.20. The SMILES string of the molecule is O=C(c1cc(Br)cn1C1CC1)N1CCC(OCCO)CC1. The zero-order valence-electron chi connectivity index (χ0n) is 12.0. The molecule has 116 valence electrons. The lowest BCUT2D eigenvalue weighted by molar-refractivity contribution is -0.00573. The quantitative estimate of drug-likeness (QED) is 0.879. The number of halogens is 1. The van der Waals surface area contributed by atoms with Crippen LogP contribution in [0.25, 0.3) is 0 Å². The molecule has 1 N–H and O–H groups in total. The number of ether oxygens (including phenoxy) is 1. The predicted molar refractivity (Wildman–Crippen MR) is 82.4 cm³/mol. The minimum atomic E-state index is 0.0576. The summed E-state index contributed by atoms with van der Waals surface area (Å²) in [7, 11) is 0. The molecule has 1 aromatic rings. The minimum Gasteiger partial charge on any atom is -0.394 e. The summed E-state index contributed by atoms with van der Waals surface area (Å²) >= 11 is 3.47. The van der Waals surface area contributed by atoms with Crippen LogP contribution in [0, 0.1) is 0 Å². The number of hydrogen-bond acceptors (Lipinski definition) is 3.